The van der Waals surface area contributed by atoms with E-state index < -0.39 is 10.0 Å². The second-order valence-electron chi connectivity index (χ2n) is 4.48. The lowest BCUT2D eigenvalue weighted by Gasteiger charge is -2.11. The molecule has 0 aliphatic heterocycles. The van der Waals surface area contributed by atoms with Gasteiger partial charge in [-0.25, -0.2) is 8.42 Å². The van der Waals surface area contributed by atoms with Crippen molar-refractivity contribution >= 4 is 43.2 Å². The molecule has 0 amide bonds. The number of nitrogens with one attached hydrogen (secondary N) is 1. The maximum absolute atomic E-state index is 12.3. The number of anilines is 1. The normalized spacial score (nSPS) is 11.4. The SMILES string of the molecule is Cc1cc(S(=O)(=O)Nc2ccc(Cl)cc2C)ccc1Br. The van der Waals surface area contributed by atoms with Crippen LogP contribution in [0.3, 0.4) is 0 Å². The van der Waals surface area contributed by atoms with E-state index in [1.807, 2.05) is 6.92 Å². The third-order valence-corrected chi connectivity index (χ3v) is 5.36. The Labute approximate surface area is 132 Å². The van der Waals surface area contributed by atoms with Gasteiger partial charge in [-0.05, 0) is 61.4 Å². The molecule has 0 aromatic heterocycles. The van der Waals surface area contributed by atoms with E-state index in [1.165, 1.54) is 0 Å². The third kappa shape index (κ3) is 3.34. The minimum absolute atomic E-state index is 0.229. The van der Waals surface area contributed by atoms with Gasteiger partial charge in [0.15, 0.2) is 0 Å². The topological polar surface area (TPSA) is 46.2 Å². The van der Waals surface area contributed by atoms with Crippen LogP contribution in [0.25, 0.3) is 0 Å². The van der Waals surface area contributed by atoms with Crippen LogP contribution in [0, 0.1) is 13.8 Å². The largest absolute Gasteiger partial charge is 0.279 e. The lowest BCUT2D eigenvalue weighted by molar-refractivity contribution is 0.601. The molecule has 2 aromatic rings. The first-order valence-electron chi connectivity index (χ1n) is 5.85. The van der Waals surface area contributed by atoms with E-state index in [2.05, 4.69) is 20.7 Å². The molecular weight excluding hydrogens is 362 g/mol. The van der Waals surface area contributed by atoms with Gasteiger partial charge in [-0.15, -0.1) is 0 Å². The first kappa shape index (κ1) is 15.4. The molecule has 1 N–H and O–H groups in total. The zero-order valence-electron chi connectivity index (χ0n) is 10.9. The maximum atomic E-state index is 12.3. The Kier molecular flexibility index (Phi) is 4.42. The Morgan fingerprint density at radius 2 is 1.75 bits per heavy atom. The molecule has 2 rings (SSSR count). The van der Waals surface area contributed by atoms with Gasteiger partial charge in [0, 0.05) is 9.50 Å². The fourth-order valence-electron chi connectivity index (χ4n) is 1.73. The van der Waals surface area contributed by atoms with Gasteiger partial charge in [0.05, 0.1) is 10.6 Å². The fraction of sp³-hybridized carbons (Fsp3) is 0.143. The van der Waals surface area contributed by atoms with Crippen molar-refractivity contribution < 1.29 is 8.42 Å². The predicted octanol–water partition coefficient (Wildman–Crippen LogP) is 4.52. The molecule has 0 heterocycles. The number of sulfonamides is 1. The van der Waals surface area contributed by atoms with Crippen LogP contribution in [0.15, 0.2) is 45.8 Å². The summed E-state index contributed by atoms with van der Waals surface area (Å²) in [6, 6.07) is 9.92. The van der Waals surface area contributed by atoms with Crippen LogP contribution in [0.1, 0.15) is 11.1 Å². The average molecular weight is 375 g/mol. The van der Waals surface area contributed by atoms with Gasteiger partial charge < -0.3 is 0 Å². The van der Waals surface area contributed by atoms with Crippen molar-refractivity contribution in [2.45, 2.75) is 18.7 Å². The van der Waals surface area contributed by atoms with Crippen molar-refractivity contribution in [3.05, 3.63) is 57.0 Å². The van der Waals surface area contributed by atoms with E-state index in [0.717, 1.165) is 15.6 Å². The molecule has 6 heteroatoms. The van der Waals surface area contributed by atoms with Crippen molar-refractivity contribution in [2.75, 3.05) is 4.72 Å². The maximum Gasteiger partial charge on any atom is 0.261 e. The van der Waals surface area contributed by atoms with Crippen LogP contribution >= 0.6 is 27.5 Å². The number of halogens is 2. The minimum atomic E-state index is -3.60. The van der Waals surface area contributed by atoms with Crippen LogP contribution < -0.4 is 4.72 Å². The van der Waals surface area contributed by atoms with Crippen LogP contribution in [0.4, 0.5) is 5.69 Å². The summed E-state index contributed by atoms with van der Waals surface area (Å²) in [5.41, 5.74) is 2.16. The summed E-state index contributed by atoms with van der Waals surface area (Å²) in [6.45, 7) is 3.65. The summed E-state index contributed by atoms with van der Waals surface area (Å²) >= 11 is 9.21. The van der Waals surface area contributed by atoms with Gasteiger partial charge in [0.25, 0.3) is 10.0 Å². The summed E-state index contributed by atoms with van der Waals surface area (Å²) in [7, 11) is -3.60. The van der Waals surface area contributed by atoms with Crippen molar-refractivity contribution in [1.82, 2.24) is 0 Å². The standard InChI is InChI=1S/C14H13BrClNO2S/c1-9-8-12(4-5-13(9)15)20(18,19)17-14-6-3-11(16)7-10(14)2/h3-8,17H,1-2H3. The van der Waals surface area contributed by atoms with Crippen molar-refractivity contribution in [3.8, 4) is 0 Å². The van der Waals surface area contributed by atoms with Gasteiger partial charge in [-0.3, -0.25) is 4.72 Å². The molecule has 0 atom stereocenters. The highest BCUT2D eigenvalue weighted by molar-refractivity contribution is 9.10. The number of hydrogen-bond acceptors (Lipinski definition) is 2. The number of rotatable bonds is 3. The van der Waals surface area contributed by atoms with E-state index in [0.29, 0.717) is 10.7 Å². The molecule has 3 nitrogen and oxygen atoms in total. The second kappa shape index (κ2) is 5.76. The van der Waals surface area contributed by atoms with Crippen LogP contribution in [-0.4, -0.2) is 8.42 Å². The molecule has 0 fully saturated rings. The Bertz CT molecular complexity index is 760. The fourth-order valence-corrected chi connectivity index (χ4v) is 3.42. The molecule has 0 radical (unpaired) electrons. The summed E-state index contributed by atoms with van der Waals surface area (Å²) < 4.78 is 28.1. The minimum Gasteiger partial charge on any atom is -0.279 e. The Morgan fingerprint density at radius 1 is 1.05 bits per heavy atom. The van der Waals surface area contributed by atoms with Crippen LogP contribution in [-0.2, 0) is 10.0 Å². The van der Waals surface area contributed by atoms with E-state index in [9.17, 15) is 8.42 Å². The monoisotopic (exact) mass is 373 g/mol. The number of aryl methyl sites for hydroxylation is 2. The van der Waals surface area contributed by atoms with Crippen molar-refractivity contribution in [3.63, 3.8) is 0 Å². The first-order valence-corrected chi connectivity index (χ1v) is 8.50. The molecule has 0 aliphatic rings. The summed E-state index contributed by atoms with van der Waals surface area (Å²) in [6.07, 6.45) is 0. The van der Waals surface area contributed by atoms with Crippen molar-refractivity contribution in [1.29, 1.82) is 0 Å². The Balaban J connectivity index is 2.38. The molecule has 0 saturated carbocycles. The zero-order chi connectivity index (χ0) is 14.9. The molecule has 0 spiro atoms. The van der Waals surface area contributed by atoms with E-state index in [1.54, 1.807) is 43.3 Å². The lowest BCUT2D eigenvalue weighted by atomic mass is 10.2. The predicted molar refractivity (Wildman–Crippen MR) is 85.9 cm³/mol. The quantitative estimate of drug-likeness (QED) is 0.858. The average Bonchev–Trinajstić information content (AvgIpc) is 2.36. The smallest absolute Gasteiger partial charge is 0.261 e. The van der Waals surface area contributed by atoms with Crippen molar-refractivity contribution in [2.24, 2.45) is 0 Å². The van der Waals surface area contributed by atoms with Gasteiger partial charge >= 0.3 is 0 Å². The molecular formula is C14H13BrClNO2S. The molecule has 0 bridgehead atoms. The summed E-state index contributed by atoms with van der Waals surface area (Å²) in [5.74, 6) is 0. The van der Waals surface area contributed by atoms with Gasteiger partial charge in [-0.2, -0.15) is 0 Å². The lowest BCUT2D eigenvalue weighted by Crippen LogP contribution is -2.13. The van der Waals surface area contributed by atoms with Gasteiger partial charge in [0.2, 0.25) is 0 Å². The Morgan fingerprint density at radius 3 is 2.35 bits per heavy atom. The van der Waals surface area contributed by atoms with E-state index >= 15 is 0 Å². The second-order valence-corrected chi connectivity index (χ2v) is 7.45. The van der Waals surface area contributed by atoms with E-state index in [-0.39, 0.29) is 4.90 Å². The van der Waals surface area contributed by atoms with Gasteiger partial charge in [0.1, 0.15) is 0 Å². The summed E-state index contributed by atoms with van der Waals surface area (Å²) in [5, 5.41) is 0.574. The van der Waals surface area contributed by atoms with Crippen LogP contribution in [0.2, 0.25) is 5.02 Å². The summed E-state index contributed by atoms with van der Waals surface area (Å²) in [4.78, 5) is 0.229. The highest BCUT2D eigenvalue weighted by Gasteiger charge is 2.16. The Hall–Kier alpha value is -1.04. The molecule has 106 valence electrons. The van der Waals surface area contributed by atoms with E-state index in [4.69, 9.17) is 11.6 Å². The highest BCUT2D eigenvalue weighted by Crippen LogP contribution is 2.25. The zero-order valence-corrected chi connectivity index (χ0v) is 14.1. The van der Waals surface area contributed by atoms with Gasteiger partial charge in [-0.1, -0.05) is 27.5 Å². The molecule has 2 aromatic carbocycles. The molecule has 0 saturated heterocycles. The number of benzene rings is 2. The molecule has 0 aliphatic carbocycles. The van der Waals surface area contributed by atoms with Crippen LogP contribution in [0.5, 0.6) is 0 Å². The first-order chi connectivity index (χ1) is 9.29. The molecule has 0 unspecified atom stereocenters. The molecule has 20 heavy (non-hydrogen) atoms. The third-order valence-electron chi connectivity index (χ3n) is 2.87. The number of hydrogen-bond donors (Lipinski definition) is 1. The highest BCUT2D eigenvalue weighted by atomic mass is 79.9.